The van der Waals surface area contributed by atoms with Gasteiger partial charge in [-0.1, -0.05) is 193 Å². The molecule has 0 spiro atoms. The Labute approximate surface area is 200 Å². The Morgan fingerprint density at radius 2 is 0.129 bits per heavy atom. The van der Waals surface area contributed by atoms with Crippen LogP contribution in [-0.4, -0.2) is 0 Å². The summed E-state index contributed by atoms with van der Waals surface area (Å²) in [5.41, 5.74) is 0. The second kappa shape index (κ2) is 28.0. The van der Waals surface area contributed by atoms with Gasteiger partial charge in [0.15, 0.2) is 0 Å². The third-order valence-corrected chi connectivity index (χ3v) is 7.50. The molecule has 3 saturated carbocycles. The molecule has 184 valence electrons. The van der Waals surface area contributed by atoms with Crippen LogP contribution in [0.3, 0.4) is 0 Å². The van der Waals surface area contributed by atoms with E-state index in [0.29, 0.717) is 0 Å². The minimum absolute atomic E-state index is 0. The molecule has 0 heterocycles. The second-order valence-electron chi connectivity index (χ2n) is 10.6. The first-order valence-electron chi connectivity index (χ1n) is 15.0. The molecule has 4 radical (unpaired) electrons. The summed E-state index contributed by atoms with van der Waals surface area (Å²) in [7, 11) is 0. The lowest BCUT2D eigenvalue weighted by atomic mass is 10.0. The van der Waals surface area contributed by atoms with Crippen molar-refractivity contribution in [3.63, 3.8) is 0 Å². The largest absolute Gasteiger partial charge is 0.0533 e. The van der Waals surface area contributed by atoms with Crippen LogP contribution in [0.15, 0.2) is 0 Å². The average molecular weight is 433 g/mol. The molecule has 0 aromatic rings. The fourth-order valence-electron chi connectivity index (χ4n) is 5.30. The Morgan fingerprint density at radius 1 is 0.0968 bits per heavy atom. The fourth-order valence-corrected chi connectivity index (χ4v) is 5.30. The minimum atomic E-state index is 0. The van der Waals surface area contributed by atoms with Crippen molar-refractivity contribution in [2.75, 3.05) is 0 Å². The van der Waals surface area contributed by atoms with E-state index in [2.05, 4.69) is 0 Å². The van der Waals surface area contributed by atoms with Crippen LogP contribution in [0.2, 0.25) is 0 Å². The van der Waals surface area contributed by atoms with Gasteiger partial charge < -0.3 is 0 Å². The summed E-state index contributed by atoms with van der Waals surface area (Å²) >= 11 is 0. The van der Waals surface area contributed by atoms with Crippen LogP contribution in [0, 0.1) is 7.43 Å². The molecule has 0 saturated heterocycles. The van der Waals surface area contributed by atoms with Crippen molar-refractivity contribution in [2.24, 2.45) is 0 Å². The first-order valence-corrected chi connectivity index (χ1v) is 15.0. The molecule has 0 atom stereocenters. The van der Waals surface area contributed by atoms with E-state index in [9.17, 15) is 0 Å². The molecule has 3 aliphatic rings. The summed E-state index contributed by atoms with van der Waals surface area (Å²) in [6, 6.07) is 0. The summed E-state index contributed by atoms with van der Waals surface area (Å²) in [4.78, 5) is 0. The third kappa shape index (κ3) is 26.1. The molecule has 0 aromatic carbocycles. The lowest BCUT2D eigenvalue weighted by Gasteiger charge is -2.05. The fraction of sp³-hybridized carbons (Fsp3) is 0.968. The van der Waals surface area contributed by atoms with Gasteiger partial charge in [0.25, 0.3) is 0 Å². The molecule has 0 aromatic heterocycles. The van der Waals surface area contributed by atoms with Gasteiger partial charge in [0.2, 0.25) is 0 Å². The van der Waals surface area contributed by atoms with E-state index < -0.39 is 0 Å². The number of hydrogen-bond acceptors (Lipinski definition) is 0. The number of hydrogen-bond donors (Lipinski definition) is 0. The molecule has 0 bridgehead atoms. The molecule has 0 nitrogen and oxygen atoms in total. The zero-order valence-corrected chi connectivity index (χ0v) is 21.7. The van der Waals surface area contributed by atoms with E-state index in [0.717, 1.165) is 0 Å². The van der Waals surface area contributed by atoms with Crippen molar-refractivity contribution in [3.05, 3.63) is 7.43 Å². The predicted molar refractivity (Wildman–Crippen MR) is 142 cm³/mol. The Hall–Kier alpha value is 0. The second-order valence-corrected chi connectivity index (χ2v) is 10.6. The molecule has 0 unspecified atom stereocenters. The zero-order valence-electron chi connectivity index (χ0n) is 21.7. The van der Waals surface area contributed by atoms with Gasteiger partial charge in [-0.3, -0.25) is 0 Å². The predicted octanol–water partition coefficient (Wildman–Crippen LogP) is 11.8. The quantitative estimate of drug-likeness (QED) is 0.357. The van der Waals surface area contributed by atoms with Crippen molar-refractivity contribution in [1.82, 2.24) is 0 Å². The van der Waals surface area contributed by atoms with Crippen LogP contribution in [-0.2, 0) is 0 Å². The van der Waals surface area contributed by atoms with E-state index in [1.54, 1.807) is 0 Å². The van der Waals surface area contributed by atoms with E-state index in [-0.39, 0.29) is 7.43 Å². The summed E-state index contributed by atoms with van der Waals surface area (Å²) < 4.78 is 0. The summed E-state index contributed by atoms with van der Waals surface area (Å²) in [5, 5.41) is 0. The van der Waals surface area contributed by atoms with Gasteiger partial charge in [0.1, 0.15) is 0 Å². The van der Waals surface area contributed by atoms with Gasteiger partial charge in [-0.05, 0) is 0 Å². The zero-order chi connectivity index (χ0) is 21.2. The van der Waals surface area contributed by atoms with E-state index in [1.807, 2.05) is 0 Å². The standard InChI is InChI=1S/3C10H20.C/c3*1-2-4-6-8-10-9-7-5-3-1;/h3*1-10H2;. The third-order valence-electron chi connectivity index (χ3n) is 7.50. The van der Waals surface area contributed by atoms with Crippen LogP contribution < -0.4 is 0 Å². The highest BCUT2D eigenvalue weighted by Gasteiger charge is 1.97. The smallest absolute Gasteiger partial charge is 0 e. The molecule has 0 aliphatic heterocycles. The van der Waals surface area contributed by atoms with Crippen LogP contribution in [0.5, 0.6) is 0 Å². The molecule has 31 heavy (non-hydrogen) atoms. The maximum absolute atomic E-state index is 1.50. The number of rotatable bonds is 0. The lowest BCUT2D eigenvalue weighted by Crippen LogP contribution is -1.85. The normalized spacial score (nSPS) is 23.2. The summed E-state index contributed by atoms with van der Waals surface area (Å²) in [6.07, 6.45) is 45.0. The van der Waals surface area contributed by atoms with E-state index >= 15 is 0 Å². The van der Waals surface area contributed by atoms with E-state index in [4.69, 9.17) is 0 Å². The molecule has 0 heteroatoms. The van der Waals surface area contributed by atoms with Crippen molar-refractivity contribution in [3.8, 4) is 0 Å². The Balaban J connectivity index is 0.000000429. The van der Waals surface area contributed by atoms with Crippen molar-refractivity contribution >= 4 is 0 Å². The Kier molecular flexibility index (Phi) is 28.0. The van der Waals surface area contributed by atoms with Crippen molar-refractivity contribution in [1.29, 1.82) is 0 Å². The Morgan fingerprint density at radius 3 is 0.161 bits per heavy atom. The summed E-state index contributed by atoms with van der Waals surface area (Å²) in [6.45, 7) is 0. The highest BCUT2D eigenvalue weighted by molar-refractivity contribution is 4.53. The first-order chi connectivity index (χ1) is 15.0. The van der Waals surface area contributed by atoms with Crippen molar-refractivity contribution < 1.29 is 0 Å². The van der Waals surface area contributed by atoms with Crippen molar-refractivity contribution in [2.45, 2.75) is 193 Å². The SMILES string of the molecule is C1CCCCCCCCC1.C1CCCCCCCCC1.C1CCCCCCCCC1.[C]. The first kappa shape index (κ1) is 31.0. The molecule has 3 fully saturated rings. The minimum Gasteiger partial charge on any atom is -0.0533 e. The molecular formula is C31H60. The van der Waals surface area contributed by atoms with Crippen LogP contribution >= 0.6 is 0 Å². The topological polar surface area (TPSA) is 0 Å². The lowest BCUT2D eigenvalue weighted by molar-refractivity contribution is 0.504. The monoisotopic (exact) mass is 432 g/mol. The van der Waals surface area contributed by atoms with Crippen LogP contribution in [0.1, 0.15) is 193 Å². The maximum atomic E-state index is 1.50. The van der Waals surface area contributed by atoms with Gasteiger partial charge in [-0.25, -0.2) is 0 Å². The van der Waals surface area contributed by atoms with Gasteiger partial charge in [0, 0.05) is 7.43 Å². The highest BCUT2D eigenvalue weighted by Crippen LogP contribution is 2.17. The van der Waals surface area contributed by atoms with Gasteiger partial charge in [-0.15, -0.1) is 0 Å². The molecular weight excluding hydrogens is 372 g/mol. The van der Waals surface area contributed by atoms with Gasteiger partial charge in [-0.2, -0.15) is 0 Å². The average Bonchev–Trinajstić information content (AvgIpc) is 2.81. The molecule has 0 N–H and O–H groups in total. The van der Waals surface area contributed by atoms with E-state index in [1.165, 1.54) is 193 Å². The Bertz CT molecular complexity index is 147. The van der Waals surface area contributed by atoms with Gasteiger partial charge in [0.05, 0.1) is 0 Å². The summed E-state index contributed by atoms with van der Waals surface area (Å²) in [5.74, 6) is 0. The van der Waals surface area contributed by atoms with Crippen LogP contribution in [0.25, 0.3) is 0 Å². The van der Waals surface area contributed by atoms with Crippen LogP contribution in [0.4, 0.5) is 0 Å². The molecule has 3 aliphatic carbocycles. The van der Waals surface area contributed by atoms with Gasteiger partial charge >= 0.3 is 0 Å². The highest BCUT2D eigenvalue weighted by atomic mass is 14.0. The maximum Gasteiger partial charge on any atom is 0 e. The molecule has 0 amide bonds. The molecule has 3 rings (SSSR count).